The van der Waals surface area contributed by atoms with Crippen molar-refractivity contribution >= 4 is 11.0 Å². The fourth-order valence-electron chi connectivity index (χ4n) is 2.88. The van der Waals surface area contributed by atoms with E-state index in [9.17, 15) is 0 Å². The molecule has 126 valence electrons. The van der Waals surface area contributed by atoms with Crippen molar-refractivity contribution in [1.82, 2.24) is 9.55 Å². The summed E-state index contributed by atoms with van der Waals surface area (Å²) in [6.07, 6.45) is 1.74. The van der Waals surface area contributed by atoms with Gasteiger partial charge in [0.25, 0.3) is 0 Å². The highest BCUT2D eigenvalue weighted by atomic mass is 16.5. The number of ether oxygens (including phenoxy) is 1. The van der Waals surface area contributed by atoms with Gasteiger partial charge in [0.15, 0.2) is 0 Å². The molecule has 0 amide bonds. The lowest BCUT2D eigenvalue weighted by molar-refractivity contribution is 0.340. The van der Waals surface area contributed by atoms with Crippen molar-refractivity contribution in [2.24, 2.45) is 5.73 Å². The van der Waals surface area contributed by atoms with Crippen molar-refractivity contribution in [2.75, 3.05) is 6.61 Å². The lowest BCUT2D eigenvalue weighted by Gasteiger charge is -2.14. The first-order chi connectivity index (χ1) is 11.7. The molecule has 24 heavy (non-hydrogen) atoms. The summed E-state index contributed by atoms with van der Waals surface area (Å²) in [5, 5.41) is 0. The fraction of sp³-hybridized carbons (Fsp3) is 0.350. The monoisotopic (exact) mass is 323 g/mol. The minimum absolute atomic E-state index is 0.140. The molecule has 0 bridgehead atoms. The Balaban J connectivity index is 1.91. The Bertz CT molecular complexity index is 792. The Labute approximate surface area is 143 Å². The molecule has 2 N–H and O–H groups in total. The number of imidazole rings is 1. The molecule has 1 aromatic heterocycles. The van der Waals surface area contributed by atoms with Gasteiger partial charge in [0.1, 0.15) is 11.6 Å². The summed E-state index contributed by atoms with van der Waals surface area (Å²) in [6, 6.07) is 16.6. The van der Waals surface area contributed by atoms with E-state index in [0.29, 0.717) is 6.61 Å². The van der Waals surface area contributed by atoms with E-state index in [4.69, 9.17) is 15.5 Å². The van der Waals surface area contributed by atoms with Crippen LogP contribution in [0.2, 0.25) is 0 Å². The third kappa shape index (κ3) is 3.60. The number of aromatic nitrogens is 2. The molecule has 3 rings (SSSR count). The van der Waals surface area contributed by atoms with Crippen LogP contribution in [0.5, 0.6) is 5.75 Å². The van der Waals surface area contributed by atoms with Gasteiger partial charge in [-0.1, -0.05) is 31.2 Å². The number of nitrogens with zero attached hydrogens (tertiary/aromatic N) is 2. The van der Waals surface area contributed by atoms with Crippen molar-refractivity contribution in [2.45, 2.75) is 39.3 Å². The van der Waals surface area contributed by atoms with Crippen LogP contribution in [0.25, 0.3) is 11.0 Å². The summed E-state index contributed by atoms with van der Waals surface area (Å²) in [4.78, 5) is 4.83. The number of rotatable bonds is 7. The average Bonchev–Trinajstić information content (AvgIpc) is 2.94. The molecule has 1 heterocycles. The molecule has 0 saturated carbocycles. The van der Waals surface area contributed by atoms with Gasteiger partial charge >= 0.3 is 0 Å². The van der Waals surface area contributed by atoms with E-state index < -0.39 is 0 Å². The maximum atomic E-state index is 6.21. The Kier molecular flexibility index (Phi) is 5.16. The van der Waals surface area contributed by atoms with Crippen molar-refractivity contribution in [3.63, 3.8) is 0 Å². The number of nitrogens with two attached hydrogens (primary N) is 1. The maximum absolute atomic E-state index is 6.21. The van der Waals surface area contributed by atoms with Crippen LogP contribution in [0.3, 0.4) is 0 Å². The van der Waals surface area contributed by atoms with Crippen molar-refractivity contribution in [3.8, 4) is 5.75 Å². The lowest BCUT2D eigenvalue weighted by Crippen LogP contribution is -2.26. The van der Waals surface area contributed by atoms with Gasteiger partial charge in [0, 0.05) is 19.0 Å². The highest BCUT2D eigenvalue weighted by molar-refractivity contribution is 5.76. The van der Waals surface area contributed by atoms with Gasteiger partial charge in [-0.3, -0.25) is 0 Å². The van der Waals surface area contributed by atoms with Crippen molar-refractivity contribution < 1.29 is 4.74 Å². The molecule has 0 aliphatic heterocycles. The van der Waals surface area contributed by atoms with Crippen LogP contribution in [0.4, 0.5) is 0 Å². The first kappa shape index (κ1) is 16.5. The number of hydrogen-bond acceptors (Lipinski definition) is 3. The van der Waals surface area contributed by atoms with Gasteiger partial charge < -0.3 is 15.0 Å². The van der Waals surface area contributed by atoms with Gasteiger partial charge in [-0.2, -0.15) is 0 Å². The largest absolute Gasteiger partial charge is 0.494 e. The molecule has 0 spiro atoms. The smallest absolute Gasteiger partial charge is 0.119 e. The van der Waals surface area contributed by atoms with Crippen LogP contribution in [-0.2, 0) is 13.0 Å². The number of benzene rings is 2. The second-order valence-electron chi connectivity index (χ2n) is 6.05. The first-order valence-electron chi connectivity index (χ1n) is 8.62. The third-order valence-electron chi connectivity index (χ3n) is 4.27. The van der Waals surface area contributed by atoms with Gasteiger partial charge in [-0.25, -0.2) is 4.98 Å². The van der Waals surface area contributed by atoms with Gasteiger partial charge in [0.2, 0.25) is 0 Å². The average molecular weight is 323 g/mol. The molecule has 0 aliphatic rings. The molecule has 0 aliphatic carbocycles. The SMILES string of the molecule is CCOc1ccc(Cc2nc3ccccc3n2CC(N)CC)cc1. The molecule has 1 atom stereocenters. The summed E-state index contributed by atoms with van der Waals surface area (Å²) in [5.41, 5.74) is 9.61. The number of para-hydroxylation sites is 2. The fourth-order valence-corrected chi connectivity index (χ4v) is 2.88. The molecule has 1 unspecified atom stereocenters. The maximum Gasteiger partial charge on any atom is 0.119 e. The number of hydrogen-bond donors (Lipinski definition) is 1. The quantitative estimate of drug-likeness (QED) is 0.720. The van der Waals surface area contributed by atoms with E-state index >= 15 is 0 Å². The van der Waals surface area contributed by atoms with E-state index in [1.807, 2.05) is 25.1 Å². The van der Waals surface area contributed by atoms with Crippen molar-refractivity contribution in [3.05, 3.63) is 59.9 Å². The zero-order valence-corrected chi connectivity index (χ0v) is 14.4. The van der Waals surface area contributed by atoms with Crippen LogP contribution in [0, 0.1) is 0 Å². The normalized spacial score (nSPS) is 12.5. The predicted octanol–water partition coefficient (Wildman–Crippen LogP) is 3.76. The third-order valence-corrected chi connectivity index (χ3v) is 4.27. The highest BCUT2D eigenvalue weighted by Gasteiger charge is 2.13. The lowest BCUT2D eigenvalue weighted by atomic mass is 10.1. The molecule has 2 aromatic carbocycles. The van der Waals surface area contributed by atoms with E-state index in [1.165, 1.54) is 5.56 Å². The van der Waals surface area contributed by atoms with Crippen LogP contribution in [0.1, 0.15) is 31.7 Å². The summed E-state index contributed by atoms with van der Waals surface area (Å²) in [7, 11) is 0. The Hall–Kier alpha value is -2.33. The standard InChI is InChI=1S/C20H25N3O/c1-3-16(21)14-23-19-8-6-5-7-18(19)22-20(23)13-15-9-11-17(12-10-15)24-4-2/h5-12,16H,3-4,13-14,21H2,1-2H3. The van der Waals surface area contributed by atoms with E-state index in [1.54, 1.807) is 0 Å². The molecule has 4 nitrogen and oxygen atoms in total. The Morgan fingerprint density at radius 2 is 1.83 bits per heavy atom. The van der Waals surface area contributed by atoms with Crippen LogP contribution < -0.4 is 10.5 Å². The Morgan fingerprint density at radius 3 is 2.54 bits per heavy atom. The molecular weight excluding hydrogens is 298 g/mol. The van der Waals surface area contributed by atoms with E-state index in [-0.39, 0.29) is 6.04 Å². The molecule has 4 heteroatoms. The van der Waals surface area contributed by atoms with Crippen molar-refractivity contribution in [1.29, 1.82) is 0 Å². The molecule has 3 aromatic rings. The summed E-state index contributed by atoms with van der Waals surface area (Å²) in [5.74, 6) is 1.96. The van der Waals surface area contributed by atoms with E-state index in [0.717, 1.165) is 42.0 Å². The zero-order valence-electron chi connectivity index (χ0n) is 14.4. The molecular formula is C20H25N3O. The highest BCUT2D eigenvalue weighted by Crippen LogP contribution is 2.20. The van der Waals surface area contributed by atoms with Gasteiger partial charge in [-0.15, -0.1) is 0 Å². The minimum atomic E-state index is 0.140. The topological polar surface area (TPSA) is 53.1 Å². The van der Waals surface area contributed by atoms with Crippen LogP contribution in [0.15, 0.2) is 48.5 Å². The van der Waals surface area contributed by atoms with Crippen LogP contribution >= 0.6 is 0 Å². The second-order valence-corrected chi connectivity index (χ2v) is 6.05. The van der Waals surface area contributed by atoms with E-state index in [2.05, 4.69) is 41.8 Å². The first-order valence-corrected chi connectivity index (χ1v) is 8.62. The molecule has 0 radical (unpaired) electrons. The predicted molar refractivity (Wildman–Crippen MR) is 98.4 cm³/mol. The summed E-state index contributed by atoms with van der Waals surface area (Å²) in [6.45, 7) is 5.59. The van der Waals surface area contributed by atoms with Gasteiger partial charge in [0.05, 0.1) is 17.6 Å². The minimum Gasteiger partial charge on any atom is -0.494 e. The summed E-state index contributed by atoms with van der Waals surface area (Å²) >= 11 is 0. The number of fused-ring (bicyclic) bond motifs is 1. The van der Waals surface area contributed by atoms with Crippen LogP contribution in [-0.4, -0.2) is 22.2 Å². The summed E-state index contributed by atoms with van der Waals surface area (Å²) < 4.78 is 7.78. The molecule has 0 saturated heterocycles. The Morgan fingerprint density at radius 1 is 1.08 bits per heavy atom. The van der Waals surface area contributed by atoms with Gasteiger partial charge in [-0.05, 0) is 43.2 Å². The molecule has 0 fully saturated rings. The second kappa shape index (κ2) is 7.49. The zero-order chi connectivity index (χ0) is 16.9.